The molecule has 0 bridgehead atoms. The van der Waals surface area contributed by atoms with Crippen molar-refractivity contribution >= 4 is 11.6 Å². The van der Waals surface area contributed by atoms with Crippen LogP contribution >= 0.6 is 11.6 Å². The zero-order chi connectivity index (χ0) is 15.9. The van der Waals surface area contributed by atoms with Crippen LogP contribution in [-0.4, -0.2) is 37.7 Å². The summed E-state index contributed by atoms with van der Waals surface area (Å²) in [7, 11) is 0. The van der Waals surface area contributed by atoms with Crippen LogP contribution in [0.15, 0.2) is 54.6 Å². The van der Waals surface area contributed by atoms with Gasteiger partial charge in [0.2, 0.25) is 0 Å². The minimum atomic E-state index is 0.525. The lowest BCUT2D eigenvalue weighted by Gasteiger charge is -2.28. The molecule has 0 saturated carbocycles. The Hall–Kier alpha value is -1.35. The minimum Gasteiger partial charge on any atom is -0.379 e. The van der Waals surface area contributed by atoms with Crippen molar-refractivity contribution in [2.24, 2.45) is 0 Å². The maximum absolute atomic E-state index is 6.05. The average Bonchev–Trinajstić information content (AvgIpc) is 2.61. The Labute approximate surface area is 144 Å². The molecule has 0 N–H and O–H groups in total. The van der Waals surface area contributed by atoms with Gasteiger partial charge in [0, 0.05) is 18.1 Å². The van der Waals surface area contributed by atoms with Crippen molar-refractivity contribution in [1.82, 2.24) is 4.90 Å². The Bertz CT molecular complexity index is 578. The van der Waals surface area contributed by atoms with Crippen molar-refractivity contribution in [2.75, 3.05) is 32.8 Å². The van der Waals surface area contributed by atoms with Gasteiger partial charge in [-0.2, -0.15) is 0 Å². The van der Waals surface area contributed by atoms with E-state index in [1.165, 1.54) is 11.1 Å². The van der Waals surface area contributed by atoms with Gasteiger partial charge in [-0.25, -0.2) is 0 Å². The molecule has 0 spiro atoms. The first kappa shape index (κ1) is 16.5. The van der Waals surface area contributed by atoms with E-state index in [2.05, 4.69) is 47.4 Å². The Morgan fingerprint density at radius 2 is 1.65 bits per heavy atom. The lowest BCUT2D eigenvalue weighted by atomic mass is 9.89. The molecule has 1 fully saturated rings. The third kappa shape index (κ3) is 5.07. The van der Waals surface area contributed by atoms with E-state index >= 15 is 0 Å². The van der Waals surface area contributed by atoms with E-state index in [1.807, 2.05) is 12.1 Å². The molecule has 2 nitrogen and oxygen atoms in total. The second-order valence-corrected chi connectivity index (χ2v) is 6.62. The maximum Gasteiger partial charge on any atom is 0.0594 e. The third-order valence-electron chi connectivity index (χ3n) is 4.56. The Morgan fingerprint density at radius 3 is 2.35 bits per heavy atom. The molecular weight excluding hydrogens is 306 g/mol. The van der Waals surface area contributed by atoms with E-state index in [-0.39, 0.29) is 0 Å². The van der Waals surface area contributed by atoms with Crippen molar-refractivity contribution in [3.05, 3.63) is 70.7 Å². The zero-order valence-corrected chi connectivity index (χ0v) is 14.2. The number of rotatable bonds is 6. The quantitative estimate of drug-likeness (QED) is 0.779. The van der Waals surface area contributed by atoms with E-state index in [1.54, 1.807) is 0 Å². The molecular formula is C20H24ClNO. The molecule has 1 atom stereocenters. The van der Waals surface area contributed by atoms with Crippen LogP contribution in [0.2, 0.25) is 5.02 Å². The molecule has 0 aliphatic carbocycles. The molecule has 0 radical (unpaired) electrons. The number of benzene rings is 2. The highest BCUT2D eigenvalue weighted by molar-refractivity contribution is 6.30. The lowest BCUT2D eigenvalue weighted by Crippen LogP contribution is -2.37. The SMILES string of the molecule is Clc1ccc(C(CCN2CCOCC2)Cc2ccccc2)cc1. The summed E-state index contributed by atoms with van der Waals surface area (Å²) in [6, 6.07) is 19.1. The van der Waals surface area contributed by atoms with Crippen LogP contribution in [0, 0.1) is 0 Å². The van der Waals surface area contributed by atoms with Crippen LogP contribution < -0.4 is 0 Å². The van der Waals surface area contributed by atoms with Crippen LogP contribution in [0.5, 0.6) is 0 Å². The van der Waals surface area contributed by atoms with Crippen molar-refractivity contribution in [3.8, 4) is 0 Å². The predicted octanol–water partition coefficient (Wildman–Crippen LogP) is 4.39. The summed E-state index contributed by atoms with van der Waals surface area (Å²) in [6.07, 6.45) is 2.24. The second kappa shape index (κ2) is 8.49. The fourth-order valence-corrected chi connectivity index (χ4v) is 3.31. The van der Waals surface area contributed by atoms with Crippen LogP contribution in [0.25, 0.3) is 0 Å². The smallest absolute Gasteiger partial charge is 0.0594 e. The first-order valence-electron chi connectivity index (χ1n) is 8.41. The monoisotopic (exact) mass is 329 g/mol. The zero-order valence-electron chi connectivity index (χ0n) is 13.5. The van der Waals surface area contributed by atoms with E-state index in [4.69, 9.17) is 16.3 Å². The summed E-state index contributed by atoms with van der Waals surface area (Å²) < 4.78 is 5.44. The van der Waals surface area contributed by atoms with Gasteiger partial charge < -0.3 is 4.74 Å². The molecule has 2 aromatic carbocycles. The van der Waals surface area contributed by atoms with E-state index in [0.717, 1.165) is 50.7 Å². The third-order valence-corrected chi connectivity index (χ3v) is 4.82. The van der Waals surface area contributed by atoms with Gasteiger partial charge in [0.05, 0.1) is 13.2 Å². The molecule has 3 rings (SSSR count). The molecule has 1 unspecified atom stereocenters. The van der Waals surface area contributed by atoms with Crippen LogP contribution in [0.1, 0.15) is 23.5 Å². The number of nitrogens with zero attached hydrogens (tertiary/aromatic N) is 1. The predicted molar refractivity (Wildman–Crippen MR) is 96.2 cm³/mol. The topological polar surface area (TPSA) is 12.5 Å². The molecule has 23 heavy (non-hydrogen) atoms. The highest BCUT2D eigenvalue weighted by Gasteiger charge is 2.16. The van der Waals surface area contributed by atoms with Crippen molar-refractivity contribution in [2.45, 2.75) is 18.8 Å². The van der Waals surface area contributed by atoms with Crippen molar-refractivity contribution < 1.29 is 4.74 Å². The van der Waals surface area contributed by atoms with Gasteiger partial charge in [-0.1, -0.05) is 54.1 Å². The number of morpholine rings is 1. The normalized spacial score (nSPS) is 17.1. The molecule has 1 aliphatic rings. The van der Waals surface area contributed by atoms with Gasteiger partial charge in [0.15, 0.2) is 0 Å². The fraction of sp³-hybridized carbons (Fsp3) is 0.400. The van der Waals surface area contributed by atoms with E-state index in [0.29, 0.717) is 5.92 Å². The maximum atomic E-state index is 6.05. The molecule has 1 aliphatic heterocycles. The number of hydrogen-bond donors (Lipinski definition) is 0. The summed E-state index contributed by atoms with van der Waals surface area (Å²) in [5.41, 5.74) is 2.78. The Kier molecular flexibility index (Phi) is 6.09. The number of halogens is 1. The summed E-state index contributed by atoms with van der Waals surface area (Å²) in [4.78, 5) is 2.51. The molecule has 1 heterocycles. The van der Waals surface area contributed by atoms with Crippen molar-refractivity contribution in [3.63, 3.8) is 0 Å². The number of hydrogen-bond acceptors (Lipinski definition) is 2. The van der Waals surface area contributed by atoms with Gasteiger partial charge in [-0.15, -0.1) is 0 Å². The summed E-state index contributed by atoms with van der Waals surface area (Å²) in [5, 5.41) is 0.806. The highest BCUT2D eigenvalue weighted by atomic mass is 35.5. The van der Waals surface area contributed by atoms with Crippen LogP contribution in [0.4, 0.5) is 0 Å². The molecule has 0 aromatic heterocycles. The first-order valence-corrected chi connectivity index (χ1v) is 8.78. The fourth-order valence-electron chi connectivity index (χ4n) is 3.18. The molecule has 0 amide bonds. The summed E-state index contributed by atoms with van der Waals surface area (Å²) >= 11 is 6.05. The molecule has 2 aromatic rings. The first-order chi connectivity index (χ1) is 11.3. The molecule has 3 heteroatoms. The van der Waals surface area contributed by atoms with E-state index in [9.17, 15) is 0 Å². The highest BCUT2D eigenvalue weighted by Crippen LogP contribution is 2.26. The van der Waals surface area contributed by atoms with Gasteiger partial charge in [-0.05, 0) is 48.6 Å². The van der Waals surface area contributed by atoms with Crippen molar-refractivity contribution in [1.29, 1.82) is 0 Å². The Morgan fingerprint density at radius 1 is 0.957 bits per heavy atom. The van der Waals surface area contributed by atoms with E-state index < -0.39 is 0 Å². The Balaban J connectivity index is 1.68. The number of ether oxygens (including phenoxy) is 1. The van der Waals surface area contributed by atoms with Gasteiger partial charge in [-0.3, -0.25) is 4.90 Å². The van der Waals surface area contributed by atoms with Gasteiger partial charge >= 0.3 is 0 Å². The minimum absolute atomic E-state index is 0.525. The van der Waals surface area contributed by atoms with Gasteiger partial charge in [0.25, 0.3) is 0 Å². The lowest BCUT2D eigenvalue weighted by molar-refractivity contribution is 0.0365. The van der Waals surface area contributed by atoms with Crippen LogP contribution in [-0.2, 0) is 11.2 Å². The molecule has 122 valence electrons. The van der Waals surface area contributed by atoms with Crippen LogP contribution in [0.3, 0.4) is 0 Å². The summed E-state index contributed by atoms with van der Waals surface area (Å²) in [6.45, 7) is 4.97. The standard InChI is InChI=1S/C20H24ClNO/c21-20-8-6-18(7-9-20)19(16-17-4-2-1-3-5-17)10-11-22-12-14-23-15-13-22/h1-9,19H,10-16H2. The summed E-state index contributed by atoms with van der Waals surface area (Å²) in [5.74, 6) is 0.525. The second-order valence-electron chi connectivity index (χ2n) is 6.18. The van der Waals surface area contributed by atoms with Gasteiger partial charge in [0.1, 0.15) is 0 Å². The largest absolute Gasteiger partial charge is 0.379 e. The average molecular weight is 330 g/mol. The molecule has 1 saturated heterocycles.